The Balaban J connectivity index is 1.25. The molecule has 4 aromatic rings. The molecular formula is C41H41N3O6. The Bertz CT molecular complexity index is 1850. The number of amides is 3. The van der Waals surface area contributed by atoms with E-state index in [1.807, 2.05) is 54.6 Å². The highest BCUT2D eigenvalue weighted by molar-refractivity contribution is 6.00. The molecule has 1 aliphatic carbocycles. The molecule has 3 unspecified atom stereocenters. The van der Waals surface area contributed by atoms with Crippen LogP contribution in [0.2, 0.25) is 0 Å². The SMILES string of the molecule is O=C(O)c1ccc(CNC(=O)C(c2ccc(Oc3ccccc3)cc2)N2C(=O)C3Cc4ccccc4CN3C(=O)C2CC2CCCCC2)cc1. The molecule has 0 aromatic heterocycles. The number of hydrogen-bond acceptors (Lipinski definition) is 5. The monoisotopic (exact) mass is 671 g/mol. The number of benzene rings is 4. The average Bonchev–Trinajstić information content (AvgIpc) is 3.15. The first kappa shape index (κ1) is 33.1. The zero-order chi connectivity index (χ0) is 34.6. The molecule has 9 nitrogen and oxygen atoms in total. The normalized spacial score (nSPS) is 19.7. The number of carboxylic acid groups (broad SMARTS) is 1. The van der Waals surface area contributed by atoms with Gasteiger partial charge in [-0.3, -0.25) is 14.4 Å². The number of fused-ring (bicyclic) bond motifs is 2. The maximum atomic E-state index is 14.8. The number of carbonyl (C=O) groups is 4. The van der Waals surface area contributed by atoms with Crippen LogP contribution in [-0.2, 0) is 33.9 Å². The van der Waals surface area contributed by atoms with Crippen LogP contribution in [-0.4, -0.2) is 50.7 Å². The van der Waals surface area contributed by atoms with Crippen molar-refractivity contribution in [2.45, 2.75) is 76.2 Å². The number of carbonyl (C=O) groups excluding carboxylic acids is 3. The van der Waals surface area contributed by atoms with Gasteiger partial charge in [0.25, 0.3) is 0 Å². The Morgan fingerprint density at radius 3 is 2.14 bits per heavy atom. The molecule has 4 aromatic carbocycles. The molecule has 3 aliphatic rings. The van der Waals surface area contributed by atoms with Gasteiger partial charge in [-0.1, -0.05) is 98.8 Å². The average molecular weight is 672 g/mol. The summed E-state index contributed by atoms with van der Waals surface area (Å²) in [7, 11) is 0. The molecule has 3 atom stereocenters. The number of nitrogens with one attached hydrogen (secondary N) is 1. The quantitative estimate of drug-likeness (QED) is 0.195. The lowest BCUT2D eigenvalue weighted by Gasteiger charge is -2.50. The zero-order valence-electron chi connectivity index (χ0n) is 27.9. The van der Waals surface area contributed by atoms with Crippen molar-refractivity contribution < 1.29 is 29.0 Å². The molecule has 0 bridgehead atoms. The summed E-state index contributed by atoms with van der Waals surface area (Å²) < 4.78 is 6.03. The van der Waals surface area contributed by atoms with E-state index in [9.17, 15) is 24.3 Å². The fraction of sp³-hybridized carbons (Fsp3) is 0.317. The van der Waals surface area contributed by atoms with Gasteiger partial charge in [0, 0.05) is 19.5 Å². The zero-order valence-corrected chi connectivity index (χ0v) is 27.9. The van der Waals surface area contributed by atoms with E-state index in [4.69, 9.17) is 4.74 Å². The third kappa shape index (κ3) is 6.99. The summed E-state index contributed by atoms with van der Waals surface area (Å²) in [5, 5.41) is 12.3. The highest BCUT2D eigenvalue weighted by atomic mass is 16.5. The lowest BCUT2D eigenvalue weighted by molar-refractivity contribution is -0.169. The standard InChI is InChI=1S/C41H41N3O6/c45-38(42-25-28-15-17-30(18-16-28)41(48)49)37(29-19-21-34(22-20-29)50-33-13-5-2-6-14-33)44-36(23-27-9-3-1-4-10-27)39(46)43-26-32-12-8-7-11-31(32)24-35(43)40(44)47/h2,5-8,11-22,27,35-37H,1,3-4,9-10,23-26H2,(H,42,45)(H,48,49). The van der Waals surface area contributed by atoms with Crippen molar-refractivity contribution in [3.8, 4) is 11.5 Å². The van der Waals surface area contributed by atoms with Crippen LogP contribution >= 0.6 is 0 Å². The smallest absolute Gasteiger partial charge is 0.335 e. The van der Waals surface area contributed by atoms with E-state index in [2.05, 4.69) is 5.32 Å². The number of rotatable bonds is 10. The molecule has 50 heavy (non-hydrogen) atoms. The fourth-order valence-electron chi connectivity index (χ4n) is 7.70. The Morgan fingerprint density at radius 2 is 1.44 bits per heavy atom. The topological polar surface area (TPSA) is 116 Å². The van der Waals surface area contributed by atoms with Crippen LogP contribution in [0.5, 0.6) is 11.5 Å². The molecule has 0 spiro atoms. The fourth-order valence-corrected chi connectivity index (χ4v) is 7.70. The van der Waals surface area contributed by atoms with Gasteiger partial charge in [0.05, 0.1) is 5.56 Å². The van der Waals surface area contributed by atoms with Crippen LogP contribution in [0, 0.1) is 5.92 Å². The summed E-state index contributed by atoms with van der Waals surface area (Å²) >= 11 is 0. The second kappa shape index (κ2) is 14.6. The summed E-state index contributed by atoms with van der Waals surface area (Å²) in [6.07, 6.45) is 6.23. The minimum absolute atomic E-state index is 0.110. The number of para-hydroxylation sites is 1. The number of piperazine rings is 1. The summed E-state index contributed by atoms with van der Waals surface area (Å²) in [5.41, 5.74) is 3.52. The molecule has 2 N–H and O–H groups in total. The Labute approximate surface area is 291 Å². The van der Waals surface area contributed by atoms with Crippen molar-refractivity contribution in [2.24, 2.45) is 5.92 Å². The van der Waals surface area contributed by atoms with Crippen molar-refractivity contribution >= 4 is 23.7 Å². The Hall–Kier alpha value is -5.44. The maximum absolute atomic E-state index is 14.8. The molecule has 9 heteroatoms. The predicted octanol–water partition coefficient (Wildman–Crippen LogP) is 6.67. The molecule has 2 aliphatic heterocycles. The lowest BCUT2D eigenvalue weighted by Crippen LogP contribution is -2.67. The molecule has 2 fully saturated rings. The highest BCUT2D eigenvalue weighted by Gasteiger charge is 2.51. The second-order valence-corrected chi connectivity index (χ2v) is 13.6. The molecule has 1 saturated carbocycles. The maximum Gasteiger partial charge on any atom is 0.335 e. The third-order valence-corrected chi connectivity index (χ3v) is 10.3. The minimum atomic E-state index is -1.08. The van der Waals surface area contributed by atoms with Crippen LogP contribution in [0.3, 0.4) is 0 Å². The van der Waals surface area contributed by atoms with E-state index in [1.165, 1.54) is 18.6 Å². The molecule has 2 heterocycles. The third-order valence-electron chi connectivity index (χ3n) is 10.3. The van der Waals surface area contributed by atoms with E-state index >= 15 is 0 Å². The lowest BCUT2D eigenvalue weighted by atomic mass is 9.81. The highest BCUT2D eigenvalue weighted by Crippen LogP contribution is 2.39. The van der Waals surface area contributed by atoms with Crippen molar-refractivity contribution in [3.05, 3.63) is 131 Å². The van der Waals surface area contributed by atoms with Crippen LogP contribution < -0.4 is 10.1 Å². The van der Waals surface area contributed by atoms with Gasteiger partial charge < -0.3 is 25.0 Å². The van der Waals surface area contributed by atoms with E-state index in [1.54, 1.807) is 46.2 Å². The van der Waals surface area contributed by atoms with Crippen LogP contribution in [0.1, 0.15) is 77.2 Å². The number of carboxylic acids is 1. The van der Waals surface area contributed by atoms with E-state index < -0.39 is 30.0 Å². The minimum Gasteiger partial charge on any atom is -0.478 e. The number of ether oxygens (including phenoxy) is 1. The molecule has 7 rings (SSSR count). The second-order valence-electron chi connectivity index (χ2n) is 13.6. The van der Waals surface area contributed by atoms with Gasteiger partial charge in [0.2, 0.25) is 17.7 Å². The first-order valence-corrected chi connectivity index (χ1v) is 17.5. The summed E-state index contributed by atoms with van der Waals surface area (Å²) in [5.74, 6) is -0.255. The largest absolute Gasteiger partial charge is 0.478 e. The van der Waals surface area contributed by atoms with Gasteiger partial charge in [0.1, 0.15) is 29.6 Å². The molecule has 0 radical (unpaired) electrons. The molecular weight excluding hydrogens is 630 g/mol. The predicted molar refractivity (Wildman–Crippen MR) is 187 cm³/mol. The molecule has 3 amide bonds. The molecule has 256 valence electrons. The van der Waals surface area contributed by atoms with Crippen LogP contribution in [0.4, 0.5) is 0 Å². The summed E-state index contributed by atoms with van der Waals surface area (Å²) in [6, 6.07) is 28.2. The van der Waals surface area contributed by atoms with Gasteiger partial charge in [-0.05, 0) is 71.0 Å². The first-order valence-electron chi connectivity index (χ1n) is 17.5. The van der Waals surface area contributed by atoms with Gasteiger partial charge in [0.15, 0.2) is 0 Å². The molecule has 1 saturated heterocycles. The van der Waals surface area contributed by atoms with Crippen molar-refractivity contribution in [1.82, 2.24) is 15.1 Å². The van der Waals surface area contributed by atoms with E-state index in [0.717, 1.165) is 36.8 Å². The number of aromatic carboxylic acids is 1. The van der Waals surface area contributed by atoms with Gasteiger partial charge in [-0.25, -0.2) is 4.79 Å². The summed E-state index contributed by atoms with van der Waals surface area (Å²) in [6.45, 7) is 0.492. The van der Waals surface area contributed by atoms with Crippen molar-refractivity contribution in [1.29, 1.82) is 0 Å². The Morgan fingerprint density at radius 1 is 0.780 bits per heavy atom. The summed E-state index contributed by atoms with van der Waals surface area (Å²) in [4.78, 5) is 58.6. The van der Waals surface area contributed by atoms with Gasteiger partial charge in [-0.15, -0.1) is 0 Å². The van der Waals surface area contributed by atoms with Crippen LogP contribution in [0.15, 0.2) is 103 Å². The van der Waals surface area contributed by atoms with Gasteiger partial charge >= 0.3 is 5.97 Å². The van der Waals surface area contributed by atoms with Crippen molar-refractivity contribution in [2.75, 3.05) is 0 Å². The van der Waals surface area contributed by atoms with E-state index in [0.29, 0.717) is 42.0 Å². The first-order chi connectivity index (χ1) is 24.4. The van der Waals surface area contributed by atoms with E-state index in [-0.39, 0.29) is 29.8 Å². The van der Waals surface area contributed by atoms with Crippen molar-refractivity contribution in [3.63, 3.8) is 0 Å². The number of nitrogens with zero attached hydrogens (tertiary/aromatic N) is 2. The van der Waals surface area contributed by atoms with Crippen LogP contribution in [0.25, 0.3) is 0 Å². The Kier molecular flexibility index (Phi) is 9.65. The number of hydrogen-bond donors (Lipinski definition) is 2. The van der Waals surface area contributed by atoms with Gasteiger partial charge in [-0.2, -0.15) is 0 Å².